The molecule has 0 aliphatic carbocycles. The predicted octanol–water partition coefficient (Wildman–Crippen LogP) is 3.75. The predicted molar refractivity (Wildman–Crippen MR) is 57.3 cm³/mol. The zero-order chi connectivity index (χ0) is 11.5. The second kappa shape index (κ2) is 4.79. The molecule has 0 fully saturated rings. The Labute approximate surface area is 91.3 Å². The average Bonchev–Trinajstić information content (AvgIpc) is 2.17. The van der Waals surface area contributed by atoms with E-state index in [4.69, 9.17) is 0 Å². The van der Waals surface area contributed by atoms with Crippen molar-refractivity contribution in [3.8, 4) is 0 Å². The Hall–Kier alpha value is -0.840. The highest BCUT2D eigenvalue weighted by Crippen LogP contribution is 2.34. The Morgan fingerprint density at radius 1 is 1.27 bits per heavy atom. The molecule has 0 unspecified atom stereocenters. The summed E-state index contributed by atoms with van der Waals surface area (Å²) >= 11 is 1.31. The number of hydrogen-bond donors (Lipinski definition) is 0. The molecule has 0 bridgehead atoms. The molecule has 0 amide bonds. The van der Waals surface area contributed by atoms with Gasteiger partial charge in [0.2, 0.25) is 0 Å². The van der Waals surface area contributed by atoms with E-state index in [0.717, 1.165) is 0 Å². The zero-order valence-electron chi connectivity index (χ0n) is 8.51. The van der Waals surface area contributed by atoms with Crippen molar-refractivity contribution >= 4 is 17.4 Å². The number of para-hydroxylation sites is 1. The van der Waals surface area contributed by atoms with Crippen molar-refractivity contribution in [1.29, 1.82) is 0 Å². The average molecular weight is 235 g/mol. The van der Waals surface area contributed by atoms with Gasteiger partial charge in [0.25, 0.3) is 0 Å². The van der Waals surface area contributed by atoms with Crippen molar-refractivity contribution in [3.05, 3.63) is 24.3 Å². The van der Waals surface area contributed by atoms with Crippen LogP contribution in [0.5, 0.6) is 0 Å². The van der Waals surface area contributed by atoms with Crippen LogP contribution in [0.4, 0.5) is 18.9 Å². The highest BCUT2D eigenvalue weighted by molar-refractivity contribution is 7.98. The summed E-state index contributed by atoms with van der Waals surface area (Å²) < 4.78 is 37.9. The van der Waals surface area contributed by atoms with E-state index < -0.39 is 6.30 Å². The first kappa shape index (κ1) is 12.2. The molecular weight excluding hydrogens is 223 g/mol. The van der Waals surface area contributed by atoms with Crippen molar-refractivity contribution in [2.45, 2.75) is 18.1 Å². The molecule has 0 spiro atoms. The monoisotopic (exact) mass is 235 g/mol. The van der Waals surface area contributed by atoms with E-state index in [1.165, 1.54) is 24.8 Å². The van der Waals surface area contributed by atoms with E-state index in [9.17, 15) is 13.2 Å². The third-order valence-corrected chi connectivity index (χ3v) is 2.78. The number of alkyl halides is 3. The molecule has 0 heterocycles. The van der Waals surface area contributed by atoms with E-state index in [0.29, 0.717) is 9.80 Å². The Bertz CT molecular complexity index is 325. The summed E-state index contributed by atoms with van der Waals surface area (Å²) in [5.74, 6) is 0. The summed E-state index contributed by atoms with van der Waals surface area (Å²) in [5.41, 5.74) is 0.222. The Morgan fingerprint density at radius 3 is 2.33 bits per heavy atom. The van der Waals surface area contributed by atoms with E-state index in [1.807, 2.05) is 0 Å². The van der Waals surface area contributed by atoms with E-state index in [1.54, 1.807) is 24.5 Å². The van der Waals surface area contributed by atoms with Gasteiger partial charge in [0.05, 0.1) is 5.69 Å². The molecule has 0 aliphatic rings. The fraction of sp³-hybridized carbons (Fsp3) is 0.400. The molecule has 15 heavy (non-hydrogen) atoms. The van der Waals surface area contributed by atoms with Crippen LogP contribution in [0.15, 0.2) is 29.2 Å². The first-order valence-corrected chi connectivity index (χ1v) is 5.70. The highest BCUT2D eigenvalue weighted by Gasteiger charge is 2.37. The van der Waals surface area contributed by atoms with Crippen molar-refractivity contribution in [2.24, 2.45) is 0 Å². The Kier molecular flexibility index (Phi) is 3.90. The summed E-state index contributed by atoms with van der Waals surface area (Å²) in [5, 5.41) is 0. The summed E-state index contributed by atoms with van der Waals surface area (Å²) in [6.07, 6.45) is -2.55. The number of hydrogen-bond acceptors (Lipinski definition) is 2. The molecule has 0 radical (unpaired) electrons. The van der Waals surface area contributed by atoms with Gasteiger partial charge in [-0.05, 0) is 25.3 Å². The fourth-order valence-corrected chi connectivity index (χ4v) is 1.94. The fourth-order valence-electron chi connectivity index (χ4n) is 1.34. The van der Waals surface area contributed by atoms with Crippen LogP contribution in [0.25, 0.3) is 0 Å². The SMILES string of the molecule is CCN(c1ccccc1SC)C(F)(F)F. The van der Waals surface area contributed by atoms with Gasteiger partial charge in [-0.25, -0.2) is 0 Å². The Balaban J connectivity index is 3.12. The van der Waals surface area contributed by atoms with Gasteiger partial charge in [-0.3, -0.25) is 4.90 Å². The van der Waals surface area contributed by atoms with Crippen molar-refractivity contribution in [1.82, 2.24) is 0 Å². The topological polar surface area (TPSA) is 3.24 Å². The van der Waals surface area contributed by atoms with Crippen LogP contribution in [-0.4, -0.2) is 19.1 Å². The standard InChI is InChI=1S/C10H12F3NS/c1-3-14(10(11,12)13)8-6-4-5-7-9(8)15-2/h4-7H,3H2,1-2H3. The van der Waals surface area contributed by atoms with Gasteiger partial charge in [0, 0.05) is 11.4 Å². The number of thioether (sulfide) groups is 1. The molecule has 1 rings (SSSR count). The maximum absolute atomic E-state index is 12.6. The van der Waals surface area contributed by atoms with E-state index >= 15 is 0 Å². The quantitative estimate of drug-likeness (QED) is 0.579. The zero-order valence-corrected chi connectivity index (χ0v) is 9.32. The van der Waals surface area contributed by atoms with Crippen LogP contribution in [0.3, 0.4) is 0 Å². The molecule has 84 valence electrons. The Morgan fingerprint density at radius 2 is 1.87 bits per heavy atom. The van der Waals surface area contributed by atoms with Gasteiger partial charge in [0.1, 0.15) is 0 Å². The first-order valence-electron chi connectivity index (χ1n) is 4.48. The third-order valence-electron chi connectivity index (χ3n) is 2.00. The van der Waals surface area contributed by atoms with E-state index in [-0.39, 0.29) is 12.2 Å². The second-order valence-corrected chi connectivity index (χ2v) is 3.73. The van der Waals surface area contributed by atoms with Crippen LogP contribution in [0.2, 0.25) is 0 Å². The minimum Gasteiger partial charge on any atom is -0.283 e. The molecule has 0 atom stereocenters. The normalized spacial score (nSPS) is 11.5. The van der Waals surface area contributed by atoms with E-state index in [2.05, 4.69) is 0 Å². The molecule has 1 nitrogen and oxygen atoms in total. The maximum atomic E-state index is 12.6. The van der Waals surface area contributed by atoms with Gasteiger partial charge >= 0.3 is 6.30 Å². The molecule has 0 saturated carbocycles. The van der Waals surface area contributed by atoms with Crippen LogP contribution in [0, 0.1) is 0 Å². The number of rotatable bonds is 3. The third kappa shape index (κ3) is 2.81. The summed E-state index contributed by atoms with van der Waals surface area (Å²) in [4.78, 5) is 1.08. The van der Waals surface area contributed by atoms with Crippen LogP contribution in [0.1, 0.15) is 6.92 Å². The van der Waals surface area contributed by atoms with Gasteiger partial charge < -0.3 is 0 Å². The van der Waals surface area contributed by atoms with Gasteiger partial charge in [-0.15, -0.1) is 11.8 Å². The molecule has 0 N–H and O–H groups in total. The summed E-state index contributed by atoms with van der Waals surface area (Å²) in [6, 6.07) is 6.53. The van der Waals surface area contributed by atoms with Crippen LogP contribution >= 0.6 is 11.8 Å². The summed E-state index contributed by atoms with van der Waals surface area (Å²) in [6.45, 7) is 1.41. The number of halogens is 3. The lowest BCUT2D eigenvalue weighted by atomic mass is 10.3. The lowest BCUT2D eigenvalue weighted by Gasteiger charge is -2.27. The highest BCUT2D eigenvalue weighted by atomic mass is 32.2. The molecule has 1 aromatic carbocycles. The molecule has 0 saturated heterocycles. The van der Waals surface area contributed by atoms with Gasteiger partial charge in [0.15, 0.2) is 0 Å². The van der Waals surface area contributed by atoms with Crippen molar-refractivity contribution in [3.63, 3.8) is 0 Å². The molecule has 0 aromatic heterocycles. The largest absolute Gasteiger partial charge is 0.484 e. The minimum atomic E-state index is -4.32. The number of nitrogens with zero attached hydrogens (tertiary/aromatic N) is 1. The molecular formula is C10H12F3NS. The number of anilines is 1. The number of benzene rings is 1. The van der Waals surface area contributed by atoms with Gasteiger partial charge in [-0.1, -0.05) is 12.1 Å². The molecule has 0 aliphatic heterocycles. The second-order valence-electron chi connectivity index (χ2n) is 2.88. The van der Waals surface area contributed by atoms with Gasteiger partial charge in [-0.2, -0.15) is 13.2 Å². The minimum absolute atomic E-state index is 0.0823. The van der Waals surface area contributed by atoms with Crippen LogP contribution < -0.4 is 4.90 Å². The van der Waals surface area contributed by atoms with Crippen molar-refractivity contribution in [2.75, 3.05) is 17.7 Å². The first-order chi connectivity index (χ1) is 7.00. The lowest BCUT2D eigenvalue weighted by molar-refractivity contribution is -0.128. The maximum Gasteiger partial charge on any atom is 0.484 e. The molecule has 5 heteroatoms. The smallest absolute Gasteiger partial charge is 0.283 e. The lowest BCUT2D eigenvalue weighted by Crippen LogP contribution is -2.38. The van der Waals surface area contributed by atoms with Crippen molar-refractivity contribution < 1.29 is 13.2 Å². The summed E-state index contributed by atoms with van der Waals surface area (Å²) in [7, 11) is 0. The van der Waals surface area contributed by atoms with Crippen LogP contribution in [-0.2, 0) is 0 Å². The molecule has 1 aromatic rings.